The maximum atomic E-state index is 11.6. The minimum absolute atomic E-state index is 0.567. The van der Waals surface area contributed by atoms with Gasteiger partial charge >= 0.3 is 12.1 Å². The number of hydrogen-bond donors (Lipinski definition) is 2. The van der Waals surface area contributed by atoms with Crippen molar-refractivity contribution in [2.24, 2.45) is 0 Å². The second-order valence-electron chi connectivity index (χ2n) is 2.15. The predicted molar refractivity (Wildman–Crippen MR) is 35.7 cm³/mol. The highest BCUT2D eigenvalue weighted by Crippen LogP contribution is 2.22. The van der Waals surface area contributed by atoms with E-state index in [1.54, 1.807) is 4.84 Å². The molecule has 3 nitrogen and oxygen atoms in total. The van der Waals surface area contributed by atoms with Crippen molar-refractivity contribution in [2.45, 2.75) is 25.1 Å². The third kappa shape index (κ3) is 5.20. The van der Waals surface area contributed by atoms with Gasteiger partial charge in [0.15, 0.2) is 0 Å². The summed E-state index contributed by atoms with van der Waals surface area (Å²) in [5.74, 6) is -1.39. The minimum atomic E-state index is -4.35. The summed E-state index contributed by atoms with van der Waals surface area (Å²) >= 11 is 4.89. The molecule has 1 atom stereocenters. The Kier molecular flexibility index (Phi) is 4.33. The molecule has 0 aliphatic heterocycles. The number of aliphatic carboxylic acids is 1. The molecule has 0 amide bonds. The molecule has 0 fully saturated rings. The van der Waals surface area contributed by atoms with Gasteiger partial charge in [-0.25, -0.2) is 4.84 Å². The fourth-order valence-corrected chi connectivity index (χ4v) is 0.735. The summed E-state index contributed by atoms with van der Waals surface area (Å²) in [4.78, 5) is 11.9. The lowest BCUT2D eigenvalue weighted by atomic mass is 10.2. The van der Waals surface area contributed by atoms with Gasteiger partial charge in [0.1, 0.15) is 6.04 Å². The quantitative estimate of drug-likeness (QED) is 0.685. The van der Waals surface area contributed by atoms with Crippen LogP contribution in [0, 0.1) is 0 Å². The first-order valence-corrected chi connectivity index (χ1v) is 3.40. The molecule has 0 aromatic rings. The summed E-state index contributed by atoms with van der Waals surface area (Å²) in [5, 5.41) is 8.26. The van der Waals surface area contributed by atoms with Crippen LogP contribution in [0.2, 0.25) is 0 Å². The predicted octanol–water partition coefficient (Wildman–Crippen LogP) is 1.53. The molecule has 0 aliphatic rings. The molecule has 1 unspecified atom stereocenters. The van der Waals surface area contributed by atoms with E-state index in [2.05, 4.69) is 0 Å². The topological polar surface area (TPSA) is 49.3 Å². The Hall–Kier alpha value is -0.490. The fourth-order valence-electron chi connectivity index (χ4n) is 0.533. The molecular formula is C5H7ClF3NO2. The number of hydrogen-bond acceptors (Lipinski definition) is 2. The third-order valence-electron chi connectivity index (χ3n) is 1.15. The van der Waals surface area contributed by atoms with E-state index in [1.165, 1.54) is 0 Å². The lowest BCUT2D eigenvalue weighted by molar-refractivity contribution is -0.145. The van der Waals surface area contributed by atoms with Gasteiger partial charge in [-0.2, -0.15) is 13.2 Å². The molecule has 0 rings (SSSR count). The lowest BCUT2D eigenvalue weighted by Crippen LogP contribution is -2.31. The summed E-state index contributed by atoms with van der Waals surface area (Å²) in [5.41, 5.74) is 0. The van der Waals surface area contributed by atoms with Crippen LogP contribution < -0.4 is 4.84 Å². The van der Waals surface area contributed by atoms with E-state index in [4.69, 9.17) is 16.9 Å². The van der Waals surface area contributed by atoms with Gasteiger partial charge in [-0.3, -0.25) is 4.79 Å². The van der Waals surface area contributed by atoms with Gasteiger partial charge in [0.25, 0.3) is 0 Å². The first kappa shape index (κ1) is 11.5. The highest BCUT2D eigenvalue weighted by Gasteiger charge is 2.30. The molecule has 12 heavy (non-hydrogen) atoms. The molecule has 0 heterocycles. The summed E-state index contributed by atoms with van der Waals surface area (Å²) < 4.78 is 34.7. The van der Waals surface area contributed by atoms with Crippen LogP contribution in [0.4, 0.5) is 13.2 Å². The molecule has 7 heteroatoms. The van der Waals surface area contributed by atoms with E-state index in [0.717, 1.165) is 0 Å². The van der Waals surface area contributed by atoms with Gasteiger partial charge in [-0.15, -0.1) is 0 Å². The number of carboxylic acid groups (broad SMARTS) is 1. The van der Waals surface area contributed by atoms with Crippen LogP contribution >= 0.6 is 11.8 Å². The summed E-state index contributed by atoms with van der Waals surface area (Å²) in [6.07, 6.45) is -6.08. The summed E-state index contributed by atoms with van der Waals surface area (Å²) in [6, 6.07) is -1.35. The van der Waals surface area contributed by atoms with Crippen molar-refractivity contribution in [3.05, 3.63) is 0 Å². The van der Waals surface area contributed by atoms with Crippen molar-refractivity contribution in [3.63, 3.8) is 0 Å². The number of halogens is 4. The first-order chi connectivity index (χ1) is 5.37. The Morgan fingerprint density at radius 1 is 1.58 bits per heavy atom. The van der Waals surface area contributed by atoms with Crippen molar-refractivity contribution < 1.29 is 23.1 Å². The average Bonchev–Trinajstić information content (AvgIpc) is 1.85. The lowest BCUT2D eigenvalue weighted by Gasteiger charge is -2.10. The van der Waals surface area contributed by atoms with E-state index in [0.29, 0.717) is 0 Å². The molecule has 0 radical (unpaired) electrons. The standard InChI is InChI=1S/C5H7ClF3NO2/c6-10-3(4(11)12)1-2-5(7,8)9/h3,10H,1-2H2,(H,11,12). The Balaban J connectivity index is 3.81. The van der Waals surface area contributed by atoms with E-state index >= 15 is 0 Å². The SMILES string of the molecule is O=C(O)C(CCC(F)(F)F)NCl. The van der Waals surface area contributed by atoms with E-state index in [9.17, 15) is 18.0 Å². The summed E-state index contributed by atoms with van der Waals surface area (Å²) in [7, 11) is 0. The van der Waals surface area contributed by atoms with Crippen LogP contribution in [0.15, 0.2) is 0 Å². The van der Waals surface area contributed by atoms with E-state index < -0.39 is 31.0 Å². The van der Waals surface area contributed by atoms with Crippen molar-refractivity contribution in [2.75, 3.05) is 0 Å². The smallest absolute Gasteiger partial charge is 0.389 e. The molecule has 2 N–H and O–H groups in total. The summed E-state index contributed by atoms with van der Waals surface area (Å²) in [6.45, 7) is 0. The molecular weight excluding hydrogens is 199 g/mol. The van der Waals surface area contributed by atoms with Crippen LogP contribution in [-0.4, -0.2) is 23.3 Å². The van der Waals surface area contributed by atoms with Gasteiger partial charge in [0.2, 0.25) is 0 Å². The average molecular weight is 206 g/mol. The molecule has 0 aliphatic carbocycles. The fraction of sp³-hybridized carbons (Fsp3) is 0.800. The van der Waals surface area contributed by atoms with Crippen LogP contribution in [0.3, 0.4) is 0 Å². The second-order valence-corrected chi connectivity index (χ2v) is 2.37. The van der Waals surface area contributed by atoms with Gasteiger partial charge < -0.3 is 5.11 Å². The van der Waals surface area contributed by atoms with E-state index in [-0.39, 0.29) is 0 Å². The van der Waals surface area contributed by atoms with Crippen molar-refractivity contribution in [3.8, 4) is 0 Å². The van der Waals surface area contributed by atoms with Gasteiger partial charge in [-0.05, 0) is 18.2 Å². The molecule has 72 valence electrons. The van der Waals surface area contributed by atoms with Crippen LogP contribution in [0.25, 0.3) is 0 Å². The van der Waals surface area contributed by atoms with Gasteiger partial charge in [0, 0.05) is 6.42 Å². The normalized spacial score (nSPS) is 14.3. The Labute approximate surface area is 71.6 Å². The number of rotatable bonds is 4. The van der Waals surface area contributed by atoms with Crippen molar-refractivity contribution in [1.29, 1.82) is 0 Å². The van der Waals surface area contributed by atoms with Crippen LogP contribution in [0.5, 0.6) is 0 Å². The van der Waals surface area contributed by atoms with Gasteiger partial charge in [0.05, 0.1) is 0 Å². The van der Waals surface area contributed by atoms with Gasteiger partial charge in [-0.1, -0.05) is 0 Å². The van der Waals surface area contributed by atoms with E-state index in [1.807, 2.05) is 0 Å². The van der Waals surface area contributed by atoms with Crippen LogP contribution in [-0.2, 0) is 4.79 Å². The molecule has 0 aromatic heterocycles. The number of carbonyl (C=O) groups is 1. The molecule has 0 spiro atoms. The first-order valence-electron chi connectivity index (χ1n) is 3.02. The Morgan fingerprint density at radius 3 is 2.33 bits per heavy atom. The highest BCUT2D eigenvalue weighted by molar-refractivity contribution is 6.14. The molecule has 0 aromatic carbocycles. The zero-order valence-electron chi connectivity index (χ0n) is 5.86. The molecule has 0 saturated carbocycles. The van der Waals surface area contributed by atoms with Crippen molar-refractivity contribution >= 4 is 17.7 Å². The number of nitrogens with one attached hydrogen (secondary N) is 1. The maximum Gasteiger partial charge on any atom is 0.389 e. The zero-order valence-corrected chi connectivity index (χ0v) is 6.61. The molecule has 0 saturated heterocycles. The number of alkyl halides is 3. The maximum absolute atomic E-state index is 11.6. The van der Waals surface area contributed by atoms with Crippen LogP contribution in [0.1, 0.15) is 12.8 Å². The zero-order chi connectivity index (χ0) is 9.78. The molecule has 0 bridgehead atoms. The minimum Gasteiger partial charge on any atom is -0.480 e. The Bertz CT molecular complexity index is 161. The number of carboxylic acids is 1. The highest BCUT2D eigenvalue weighted by atomic mass is 35.5. The third-order valence-corrected chi connectivity index (χ3v) is 1.41. The Morgan fingerprint density at radius 2 is 2.08 bits per heavy atom. The second kappa shape index (κ2) is 4.51. The largest absolute Gasteiger partial charge is 0.480 e. The monoisotopic (exact) mass is 205 g/mol. The van der Waals surface area contributed by atoms with Crippen molar-refractivity contribution in [1.82, 2.24) is 4.84 Å².